The van der Waals surface area contributed by atoms with Crippen molar-refractivity contribution in [3.63, 3.8) is 0 Å². The Morgan fingerprint density at radius 1 is 0.897 bits per heavy atom. The number of halogens is 1. The average molecular weight is 555 g/mol. The van der Waals surface area contributed by atoms with Crippen LogP contribution in [0.1, 0.15) is 33.1 Å². The summed E-state index contributed by atoms with van der Waals surface area (Å²) in [6, 6.07) is 29.5. The summed E-state index contributed by atoms with van der Waals surface area (Å²) in [7, 11) is 0. The molecule has 1 aromatic heterocycles. The van der Waals surface area contributed by atoms with E-state index in [0.717, 1.165) is 16.9 Å². The van der Waals surface area contributed by atoms with E-state index in [2.05, 4.69) is 40.6 Å². The molecule has 198 valence electrons. The van der Waals surface area contributed by atoms with Crippen molar-refractivity contribution in [2.75, 3.05) is 18.0 Å². The van der Waals surface area contributed by atoms with Gasteiger partial charge in [0.2, 0.25) is 0 Å². The number of aromatic nitrogens is 2. The van der Waals surface area contributed by atoms with Gasteiger partial charge in [-0.3, -0.25) is 4.79 Å². The Kier molecular flexibility index (Phi) is 10.3. The summed E-state index contributed by atoms with van der Waals surface area (Å²) in [5, 5.41) is 4.19. The molecule has 1 unspecified atom stereocenters. The second-order valence-electron chi connectivity index (χ2n) is 8.93. The SMILES string of the molecule is C=CCN(CC=C)c1cc(Cl)nc(SCc2ccc(C(=O)NC(Cc3ccccc3)c3ccccc3)cc2)n1. The summed E-state index contributed by atoms with van der Waals surface area (Å²) in [6.45, 7) is 8.88. The first kappa shape index (κ1) is 28.1. The maximum absolute atomic E-state index is 13.2. The van der Waals surface area contributed by atoms with Crippen molar-refractivity contribution in [1.82, 2.24) is 15.3 Å². The minimum absolute atomic E-state index is 0.105. The van der Waals surface area contributed by atoms with Crippen LogP contribution in [-0.2, 0) is 12.2 Å². The number of hydrogen-bond acceptors (Lipinski definition) is 5. The highest BCUT2D eigenvalue weighted by Crippen LogP contribution is 2.25. The molecule has 4 rings (SSSR count). The minimum Gasteiger partial charge on any atom is -0.349 e. The van der Waals surface area contributed by atoms with Gasteiger partial charge in [-0.1, -0.05) is 108 Å². The molecule has 0 bridgehead atoms. The van der Waals surface area contributed by atoms with E-state index in [9.17, 15) is 4.79 Å². The summed E-state index contributed by atoms with van der Waals surface area (Å²) >= 11 is 7.77. The van der Waals surface area contributed by atoms with Gasteiger partial charge in [-0.15, -0.1) is 13.2 Å². The molecular weight excluding hydrogens is 524 g/mol. The van der Waals surface area contributed by atoms with E-state index in [1.165, 1.54) is 17.3 Å². The van der Waals surface area contributed by atoms with Gasteiger partial charge in [-0.05, 0) is 35.2 Å². The third kappa shape index (κ3) is 8.31. The van der Waals surface area contributed by atoms with Gasteiger partial charge in [-0.2, -0.15) is 0 Å². The second kappa shape index (κ2) is 14.3. The molecule has 39 heavy (non-hydrogen) atoms. The van der Waals surface area contributed by atoms with Crippen molar-refractivity contribution >= 4 is 35.1 Å². The number of hydrogen-bond donors (Lipinski definition) is 1. The van der Waals surface area contributed by atoms with Gasteiger partial charge >= 0.3 is 0 Å². The lowest BCUT2D eigenvalue weighted by atomic mass is 9.98. The third-order valence-electron chi connectivity index (χ3n) is 6.06. The largest absolute Gasteiger partial charge is 0.349 e. The zero-order chi connectivity index (χ0) is 27.5. The summed E-state index contributed by atoms with van der Waals surface area (Å²) in [5.41, 5.74) is 3.91. The van der Waals surface area contributed by atoms with E-state index in [-0.39, 0.29) is 11.9 Å². The lowest BCUT2D eigenvalue weighted by Crippen LogP contribution is -2.30. The fourth-order valence-corrected chi connectivity index (χ4v) is 5.15. The zero-order valence-corrected chi connectivity index (χ0v) is 23.2. The Bertz CT molecular complexity index is 1370. The number of benzene rings is 3. The van der Waals surface area contributed by atoms with E-state index in [0.29, 0.717) is 41.1 Å². The molecule has 3 aromatic carbocycles. The molecule has 0 aliphatic heterocycles. The molecule has 1 atom stereocenters. The summed E-state index contributed by atoms with van der Waals surface area (Å²) in [4.78, 5) is 24.2. The fraction of sp³-hybridized carbons (Fsp3) is 0.156. The van der Waals surface area contributed by atoms with E-state index in [1.54, 1.807) is 6.07 Å². The summed E-state index contributed by atoms with van der Waals surface area (Å²) < 4.78 is 0. The average Bonchev–Trinajstić information content (AvgIpc) is 2.96. The zero-order valence-electron chi connectivity index (χ0n) is 21.7. The maximum Gasteiger partial charge on any atom is 0.251 e. The minimum atomic E-state index is -0.132. The molecular formula is C32H31ClN4OS. The number of amides is 1. The van der Waals surface area contributed by atoms with Crippen molar-refractivity contribution in [3.05, 3.63) is 144 Å². The van der Waals surface area contributed by atoms with Crippen molar-refractivity contribution < 1.29 is 4.79 Å². The Hall–Kier alpha value is -3.87. The Morgan fingerprint density at radius 2 is 1.54 bits per heavy atom. The second-order valence-corrected chi connectivity index (χ2v) is 10.3. The first-order chi connectivity index (χ1) is 19.1. The molecule has 1 N–H and O–H groups in total. The Morgan fingerprint density at radius 3 is 2.18 bits per heavy atom. The van der Waals surface area contributed by atoms with Crippen molar-refractivity contribution in [2.24, 2.45) is 0 Å². The lowest BCUT2D eigenvalue weighted by molar-refractivity contribution is 0.0936. The van der Waals surface area contributed by atoms with Gasteiger partial charge in [0.05, 0.1) is 6.04 Å². The highest BCUT2D eigenvalue weighted by Gasteiger charge is 2.17. The number of anilines is 1. The van der Waals surface area contributed by atoms with Crippen molar-refractivity contribution in [1.29, 1.82) is 0 Å². The predicted octanol–water partition coefficient (Wildman–Crippen LogP) is 7.31. The molecule has 7 heteroatoms. The Balaban J connectivity index is 1.41. The molecule has 0 fully saturated rings. The van der Waals surface area contributed by atoms with E-state index >= 15 is 0 Å². The molecule has 5 nitrogen and oxygen atoms in total. The van der Waals surface area contributed by atoms with Crippen LogP contribution in [0.5, 0.6) is 0 Å². The predicted molar refractivity (Wildman–Crippen MR) is 162 cm³/mol. The number of nitrogens with zero attached hydrogens (tertiary/aromatic N) is 3. The molecule has 0 spiro atoms. The van der Waals surface area contributed by atoms with Crippen LogP contribution in [0.2, 0.25) is 5.15 Å². The first-order valence-electron chi connectivity index (χ1n) is 12.7. The normalized spacial score (nSPS) is 11.4. The number of carbonyl (C=O) groups excluding carboxylic acids is 1. The standard InChI is InChI=1S/C32H31ClN4OS/c1-3-19-37(20-4-2)30-22-29(33)35-32(36-30)39-23-25-15-17-27(18-16-25)31(38)34-28(26-13-9-6-10-14-26)21-24-11-7-5-8-12-24/h3-18,22,28H,1-2,19-21,23H2,(H,34,38). The van der Waals surface area contributed by atoms with E-state index < -0.39 is 0 Å². The monoisotopic (exact) mass is 554 g/mol. The van der Waals surface area contributed by atoms with Crippen molar-refractivity contribution in [3.8, 4) is 0 Å². The molecule has 4 aromatic rings. The molecule has 1 amide bonds. The first-order valence-corrected chi connectivity index (χ1v) is 14.0. The molecule has 0 radical (unpaired) electrons. The van der Waals surface area contributed by atoms with E-state index in [4.69, 9.17) is 11.6 Å². The van der Waals surface area contributed by atoms with Crippen LogP contribution >= 0.6 is 23.4 Å². The van der Waals surface area contributed by atoms with Crippen LogP contribution in [0, 0.1) is 0 Å². The molecule has 0 aliphatic carbocycles. The summed E-state index contributed by atoms with van der Waals surface area (Å²) in [6.07, 6.45) is 4.34. The van der Waals surface area contributed by atoms with Gasteiger partial charge in [0, 0.05) is 30.5 Å². The fourth-order valence-electron chi connectivity index (χ4n) is 4.11. The van der Waals surface area contributed by atoms with Crippen LogP contribution in [0.15, 0.2) is 121 Å². The van der Waals surface area contributed by atoms with Gasteiger partial charge in [0.1, 0.15) is 11.0 Å². The number of nitrogens with one attached hydrogen (secondary N) is 1. The number of thioether (sulfide) groups is 1. The quantitative estimate of drug-likeness (QED) is 0.0812. The molecule has 0 saturated carbocycles. The van der Waals surface area contributed by atoms with Gasteiger partial charge < -0.3 is 10.2 Å². The van der Waals surface area contributed by atoms with Crippen LogP contribution in [0.4, 0.5) is 5.82 Å². The highest BCUT2D eigenvalue weighted by molar-refractivity contribution is 7.98. The van der Waals surface area contributed by atoms with Crippen LogP contribution < -0.4 is 10.2 Å². The van der Waals surface area contributed by atoms with Crippen molar-refractivity contribution in [2.45, 2.75) is 23.4 Å². The Labute approximate surface area is 239 Å². The van der Waals surface area contributed by atoms with Gasteiger partial charge in [-0.25, -0.2) is 9.97 Å². The van der Waals surface area contributed by atoms with E-state index in [1.807, 2.05) is 89.8 Å². The molecule has 0 saturated heterocycles. The van der Waals surface area contributed by atoms with Gasteiger partial charge in [0.15, 0.2) is 5.16 Å². The highest BCUT2D eigenvalue weighted by atomic mass is 35.5. The molecule has 1 heterocycles. The topological polar surface area (TPSA) is 58.1 Å². The van der Waals surface area contributed by atoms with Gasteiger partial charge in [0.25, 0.3) is 5.91 Å². The molecule has 0 aliphatic rings. The number of rotatable bonds is 13. The lowest BCUT2D eigenvalue weighted by Gasteiger charge is -2.20. The van der Waals surface area contributed by atoms with Crippen LogP contribution in [0.3, 0.4) is 0 Å². The van der Waals surface area contributed by atoms with Crippen LogP contribution in [0.25, 0.3) is 0 Å². The smallest absolute Gasteiger partial charge is 0.251 e. The summed E-state index contributed by atoms with van der Waals surface area (Å²) in [5.74, 6) is 1.27. The maximum atomic E-state index is 13.2. The number of carbonyl (C=O) groups is 1. The third-order valence-corrected chi connectivity index (χ3v) is 7.17. The van der Waals surface area contributed by atoms with Crippen LogP contribution in [-0.4, -0.2) is 29.0 Å².